The summed E-state index contributed by atoms with van der Waals surface area (Å²) in [5, 5.41) is 11.7. The molecule has 0 unspecified atom stereocenters. The molecular weight excluding hydrogens is 166 g/mol. The molecule has 1 atom stereocenters. The van der Waals surface area contributed by atoms with Crippen molar-refractivity contribution in [3.8, 4) is 0 Å². The third kappa shape index (κ3) is 6.58. The van der Waals surface area contributed by atoms with Crippen molar-refractivity contribution in [2.75, 3.05) is 6.54 Å². The highest BCUT2D eigenvalue weighted by Crippen LogP contribution is 1.98. The van der Waals surface area contributed by atoms with Gasteiger partial charge < -0.3 is 10.4 Å². The molecule has 3 nitrogen and oxygen atoms in total. The third-order valence-electron chi connectivity index (χ3n) is 2.13. The molecule has 0 radical (unpaired) electrons. The van der Waals surface area contributed by atoms with Crippen LogP contribution < -0.4 is 5.32 Å². The first-order valence-electron chi connectivity index (χ1n) is 5.18. The lowest BCUT2D eigenvalue weighted by Crippen LogP contribution is -2.36. The van der Waals surface area contributed by atoms with Crippen LogP contribution in [0, 0.1) is 0 Å². The molecule has 0 heterocycles. The highest BCUT2D eigenvalue weighted by molar-refractivity contribution is 5.73. The fraction of sp³-hybridized carbons (Fsp3) is 0.900. The summed E-state index contributed by atoms with van der Waals surface area (Å²) in [6, 6.07) is -0.360. The van der Waals surface area contributed by atoms with E-state index >= 15 is 0 Å². The van der Waals surface area contributed by atoms with Crippen LogP contribution >= 0.6 is 0 Å². The fourth-order valence-corrected chi connectivity index (χ4v) is 1.23. The van der Waals surface area contributed by atoms with E-state index in [1.54, 1.807) is 0 Å². The van der Waals surface area contributed by atoms with Crippen LogP contribution in [0.5, 0.6) is 0 Å². The van der Waals surface area contributed by atoms with Crippen LogP contribution in [0.2, 0.25) is 0 Å². The molecule has 0 aliphatic rings. The molecule has 0 aromatic rings. The Morgan fingerprint density at radius 1 is 1.31 bits per heavy atom. The third-order valence-corrected chi connectivity index (χ3v) is 2.13. The Morgan fingerprint density at radius 2 is 2.00 bits per heavy atom. The van der Waals surface area contributed by atoms with Crippen molar-refractivity contribution < 1.29 is 9.90 Å². The minimum Gasteiger partial charge on any atom is -0.480 e. The lowest BCUT2D eigenvalue weighted by molar-refractivity contribution is -0.139. The van der Waals surface area contributed by atoms with Crippen molar-refractivity contribution >= 4 is 5.97 Å². The minimum atomic E-state index is -0.738. The second-order valence-corrected chi connectivity index (χ2v) is 3.31. The number of aliphatic carboxylic acids is 1. The van der Waals surface area contributed by atoms with Gasteiger partial charge in [-0.25, -0.2) is 0 Å². The van der Waals surface area contributed by atoms with Crippen molar-refractivity contribution in [2.45, 2.75) is 52.0 Å². The van der Waals surface area contributed by atoms with Crippen molar-refractivity contribution in [1.29, 1.82) is 0 Å². The van der Waals surface area contributed by atoms with E-state index in [4.69, 9.17) is 5.11 Å². The number of unbranched alkanes of at least 4 members (excludes halogenated alkanes) is 3. The van der Waals surface area contributed by atoms with Crippen molar-refractivity contribution in [3.63, 3.8) is 0 Å². The van der Waals surface area contributed by atoms with Crippen LogP contribution in [0.3, 0.4) is 0 Å². The number of hydrogen-bond acceptors (Lipinski definition) is 2. The van der Waals surface area contributed by atoms with Crippen molar-refractivity contribution in [1.82, 2.24) is 5.32 Å². The van der Waals surface area contributed by atoms with Gasteiger partial charge in [0, 0.05) is 0 Å². The lowest BCUT2D eigenvalue weighted by Gasteiger charge is -2.11. The second kappa shape index (κ2) is 8.05. The Hall–Kier alpha value is -0.570. The molecular formula is C10H21NO2. The molecule has 0 aliphatic carbocycles. The highest BCUT2D eigenvalue weighted by atomic mass is 16.4. The van der Waals surface area contributed by atoms with E-state index in [1.807, 2.05) is 6.92 Å². The van der Waals surface area contributed by atoms with Gasteiger partial charge in [0.25, 0.3) is 0 Å². The Morgan fingerprint density at radius 3 is 2.46 bits per heavy atom. The van der Waals surface area contributed by atoms with Crippen molar-refractivity contribution in [2.24, 2.45) is 0 Å². The Labute approximate surface area is 80.5 Å². The summed E-state index contributed by atoms with van der Waals surface area (Å²) in [7, 11) is 0. The van der Waals surface area contributed by atoms with Gasteiger partial charge in [-0.05, 0) is 19.4 Å². The number of carbonyl (C=O) groups is 1. The summed E-state index contributed by atoms with van der Waals surface area (Å²) in [6.45, 7) is 4.88. The Bertz CT molecular complexity index is 137. The Balaban J connectivity index is 3.33. The molecule has 2 N–H and O–H groups in total. The smallest absolute Gasteiger partial charge is 0.320 e. The van der Waals surface area contributed by atoms with Crippen LogP contribution in [0.15, 0.2) is 0 Å². The van der Waals surface area contributed by atoms with Crippen LogP contribution in [0.25, 0.3) is 0 Å². The van der Waals surface area contributed by atoms with Gasteiger partial charge in [0.15, 0.2) is 0 Å². The minimum absolute atomic E-state index is 0.360. The maximum atomic E-state index is 10.6. The SMILES string of the molecule is CCCCCCN[C@H](CC)C(=O)O. The maximum absolute atomic E-state index is 10.6. The summed E-state index contributed by atoms with van der Waals surface area (Å²) in [5.41, 5.74) is 0. The molecule has 0 aromatic carbocycles. The van der Waals surface area contributed by atoms with Gasteiger partial charge in [0.1, 0.15) is 6.04 Å². The molecule has 78 valence electrons. The molecule has 0 bridgehead atoms. The predicted octanol–water partition coefficient (Wildman–Crippen LogP) is 2.02. The molecule has 0 spiro atoms. The van der Waals surface area contributed by atoms with Gasteiger partial charge in [-0.2, -0.15) is 0 Å². The van der Waals surface area contributed by atoms with Gasteiger partial charge in [0.05, 0.1) is 0 Å². The Kier molecular flexibility index (Phi) is 7.69. The second-order valence-electron chi connectivity index (χ2n) is 3.31. The standard InChI is InChI=1S/C10H21NO2/c1-3-5-6-7-8-11-9(4-2)10(12)13/h9,11H,3-8H2,1-2H3,(H,12,13)/t9-/m1/s1. The van der Waals surface area contributed by atoms with Crippen LogP contribution in [-0.2, 0) is 4.79 Å². The van der Waals surface area contributed by atoms with Gasteiger partial charge in [0.2, 0.25) is 0 Å². The fourth-order valence-electron chi connectivity index (χ4n) is 1.23. The molecule has 0 saturated heterocycles. The van der Waals surface area contributed by atoms with Crippen molar-refractivity contribution in [3.05, 3.63) is 0 Å². The van der Waals surface area contributed by atoms with Gasteiger partial charge >= 0.3 is 5.97 Å². The zero-order chi connectivity index (χ0) is 10.1. The largest absolute Gasteiger partial charge is 0.480 e. The summed E-state index contributed by atoms with van der Waals surface area (Å²) >= 11 is 0. The number of carboxylic acid groups (broad SMARTS) is 1. The van der Waals surface area contributed by atoms with Crippen LogP contribution in [0.4, 0.5) is 0 Å². The van der Waals surface area contributed by atoms with E-state index in [1.165, 1.54) is 19.3 Å². The molecule has 13 heavy (non-hydrogen) atoms. The molecule has 0 fully saturated rings. The molecule has 0 aromatic heterocycles. The van der Waals surface area contributed by atoms with E-state index in [9.17, 15) is 4.79 Å². The quantitative estimate of drug-likeness (QED) is 0.571. The first-order valence-corrected chi connectivity index (χ1v) is 5.18. The van der Waals surface area contributed by atoms with Gasteiger partial charge in [-0.1, -0.05) is 33.1 Å². The summed E-state index contributed by atoms with van der Waals surface area (Å²) in [5.74, 6) is -0.738. The zero-order valence-electron chi connectivity index (χ0n) is 8.68. The van der Waals surface area contributed by atoms with Crippen LogP contribution in [-0.4, -0.2) is 23.7 Å². The van der Waals surface area contributed by atoms with Crippen LogP contribution in [0.1, 0.15) is 46.0 Å². The first kappa shape index (κ1) is 12.4. The average Bonchev–Trinajstić information content (AvgIpc) is 2.10. The molecule has 0 aliphatic heterocycles. The lowest BCUT2D eigenvalue weighted by atomic mass is 10.2. The molecule has 0 amide bonds. The number of carboxylic acids is 1. The van der Waals surface area contributed by atoms with E-state index in [0.717, 1.165) is 13.0 Å². The van der Waals surface area contributed by atoms with E-state index in [-0.39, 0.29) is 6.04 Å². The van der Waals surface area contributed by atoms with Gasteiger partial charge in [-0.15, -0.1) is 0 Å². The molecule has 0 saturated carbocycles. The summed E-state index contributed by atoms with van der Waals surface area (Å²) in [6.07, 6.45) is 5.39. The first-order chi connectivity index (χ1) is 6.22. The topological polar surface area (TPSA) is 49.3 Å². The zero-order valence-corrected chi connectivity index (χ0v) is 8.68. The summed E-state index contributed by atoms with van der Waals surface area (Å²) < 4.78 is 0. The predicted molar refractivity (Wildman–Crippen MR) is 53.9 cm³/mol. The number of hydrogen-bond donors (Lipinski definition) is 2. The van der Waals surface area contributed by atoms with Gasteiger partial charge in [-0.3, -0.25) is 4.79 Å². The average molecular weight is 187 g/mol. The number of nitrogens with one attached hydrogen (secondary N) is 1. The summed E-state index contributed by atoms with van der Waals surface area (Å²) in [4.78, 5) is 10.6. The molecule has 3 heteroatoms. The highest BCUT2D eigenvalue weighted by Gasteiger charge is 2.12. The van der Waals surface area contributed by atoms with E-state index in [2.05, 4.69) is 12.2 Å². The van der Waals surface area contributed by atoms with E-state index in [0.29, 0.717) is 6.42 Å². The normalized spacial score (nSPS) is 12.8. The number of rotatable bonds is 8. The maximum Gasteiger partial charge on any atom is 0.320 e. The molecule has 0 rings (SSSR count). The monoisotopic (exact) mass is 187 g/mol. The van der Waals surface area contributed by atoms with E-state index < -0.39 is 5.97 Å².